The van der Waals surface area contributed by atoms with Gasteiger partial charge in [0.25, 0.3) is 11.5 Å². The number of aryl methyl sites for hydroxylation is 1. The molecule has 3 aromatic rings. The van der Waals surface area contributed by atoms with Crippen molar-refractivity contribution < 1.29 is 32.6 Å². The maximum atomic E-state index is 13.1. The number of unbranched alkanes of at least 4 members (excludes halogenated alkanes) is 1. The number of nitrogens with one attached hydrogen (secondary N) is 1. The number of aliphatic carboxylic acids is 1. The van der Waals surface area contributed by atoms with E-state index in [0.29, 0.717) is 29.2 Å². The van der Waals surface area contributed by atoms with Crippen LogP contribution in [0.4, 0.5) is 13.2 Å². The number of ether oxygens (including phenoxy) is 1. The van der Waals surface area contributed by atoms with Gasteiger partial charge >= 0.3 is 12.1 Å². The lowest BCUT2D eigenvalue weighted by Gasteiger charge is -2.11. The van der Waals surface area contributed by atoms with Crippen LogP contribution >= 0.6 is 11.3 Å². The third kappa shape index (κ3) is 7.20. The van der Waals surface area contributed by atoms with Crippen molar-refractivity contribution in [3.63, 3.8) is 0 Å². The highest BCUT2D eigenvalue weighted by Gasteiger charge is 2.38. The second-order valence-corrected chi connectivity index (χ2v) is 9.28. The summed E-state index contributed by atoms with van der Waals surface area (Å²) in [6.07, 6.45) is -2.37. The number of para-hydroxylation sites is 1. The summed E-state index contributed by atoms with van der Waals surface area (Å²) < 4.78 is 40.2. The Kier molecular flexibility index (Phi) is 10.3. The number of carbonyl (C=O) groups excluding carboxylic acids is 1. The fourth-order valence-corrected chi connectivity index (χ4v) is 4.51. The maximum absolute atomic E-state index is 13.1. The molecule has 3 rings (SSSR count). The van der Waals surface area contributed by atoms with Crippen LogP contribution in [0.2, 0.25) is 0 Å². The Labute approximate surface area is 210 Å². The molecule has 0 bridgehead atoms. The molecule has 1 amide bonds. The van der Waals surface area contributed by atoms with E-state index in [1.54, 1.807) is 11.6 Å². The number of alkyl halides is 3. The van der Waals surface area contributed by atoms with Crippen molar-refractivity contribution >= 4 is 44.2 Å². The smallest absolute Gasteiger partial charge is 0.490 e. The van der Waals surface area contributed by atoms with Gasteiger partial charge in [0, 0.05) is 19.0 Å². The number of thiophene rings is 1. The Bertz CT molecular complexity index is 1270. The molecule has 2 heterocycles. The Hall–Kier alpha value is -3.12. The first-order valence-electron chi connectivity index (χ1n) is 11.3. The summed E-state index contributed by atoms with van der Waals surface area (Å²) in [5, 5.41) is 11.6. The van der Waals surface area contributed by atoms with E-state index in [1.165, 1.54) is 11.3 Å². The standard InChI is InChI=1S/C22H29N3O3S.C2HF3O2/c1-5-6-14-28-18-17-19(15-10-7-8-11-16(15)25(4)22(17)27)29-20(18)21(26)23-12-9-13-24(2)3;3-2(4,5)1(6)7/h7-8,10-11H,5-6,9,12-14H2,1-4H3,(H,23,26);(H,6,7). The van der Waals surface area contributed by atoms with Gasteiger partial charge in [0.15, 0.2) is 5.75 Å². The third-order valence-electron chi connectivity index (χ3n) is 5.15. The highest BCUT2D eigenvalue weighted by Crippen LogP contribution is 2.39. The Morgan fingerprint density at radius 3 is 2.42 bits per heavy atom. The molecule has 1 aromatic carbocycles. The van der Waals surface area contributed by atoms with E-state index in [2.05, 4.69) is 17.1 Å². The molecule has 0 fully saturated rings. The van der Waals surface area contributed by atoms with Gasteiger partial charge in [-0.3, -0.25) is 9.59 Å². The molecule has 36 heavy (non-hydrogen) atoms. The second kappa shape index (κ2) is 12.7. The zero-order valence-corrected chi connectivity index (χ0v) is 21.4. The number of benzene rings is 1. The molecular formula is C24H30F3N3O5S. The second-order valence-electron chi connectivity index (χ2n) is 8.26. The lowest BCUT2D eigenvalue weighted by atomic mass is 10.1. The molecule has 198 valence electrons. The van der Waals surface area contributed by atoms with Gasteiger partial charge in [0.2, 0.25) is 0 Å². The summed E-state index contributed by atoms with van der Waals surface area (Å²) in [6, 6.07) is 7.78. The summed E-state index contributed by atoms with van der Waals surface area (Å²) >= 11 is 1.35. The van der Waals surface area contributed by atoms with Gasteiger partial charge in [-0.05, 0) is 39.5 Å². The van der Waals surface area contributed by atoms with Crippen LogP contribution in [0.15, 0.2) is 29.1 Å². The number of carboxylic acid groups (broad SMARTS) is 1. The monoisotopic (exact) mass is 529 g/mol. The van der Waals surface area contributed by atoms with E-state index in [4.69, 9.17) is 14.6 Å². The van der Waals surface area contributed by atoms with Gasteiger partial charge in [-0.2, -0.15) is 13.2 Å². The van der Waals surface area contributed by atoms with Crippen molar-refractivity contribution in [2.24, 2.45) is 7.05 Å². The van der Waals surface area contributed by atoms with Crippen molar-refractivity contribution in [1.82, 2.24) is 14.8 Å². The van der Waals surface area contributed by atoms with Crippen LogP contribution in [-0.2, 0) is 11.8 Å². The van der Waals surface area contributed by atoms with Gasteiger partial charge in [0.1, 0.15) is 10.3 Å². The van der Waals surface area contributed by atoms with E-state index in [-0.39, 0.29) is 11.5 Å². The van der Waals surface area contributed by atoms with E-state index >= 15 is 0 Å². The molecule has 2 aromatic heterocycles. The minimum absolute atomic E-state index is 0.131. The molecule has 0 spiro atoms. The number of hydrogen-bond donors (Lipinski definition) is 2. The van der Waals surface area contributed by atoms with Crippen LogP contribution in [0.1, 0.15) is 35.9 Å². The highest BCUT2D eigenvalue weighted by molar-refractivity contribution is 7.22. The molecule has 2 N–H and O–H groups in total. The molecule has 0 unspecified atom stereocenters. The van der Waals surface area contributed by atoms with Gasteiger partial charge < -0.3 is 24.6 Å². The number of rotatable bonds is 9. The largest absolute Gasteiger partial charge is 0.491 e. The van der Waals surface area contributed by atoms with E-state index in [9.17, 15) is 22.8 Å². The van der Waals surface area contributed by atoms with Crippen LogP contribution in [0.3, 0.4) is 0 Å². The number of carbonyl (C=O) groups is 2. The summed E-state index contributed by atoms with van der Waals surface area (Å²) in [7, 11) is 5.78. The predicted octanol–water partition coefficient (Wildman–Crippen LogP) is 4.25. The lowest BCUT2D eigenvalue weighted by molar-refractivity contribution is -0.192. The van der Waals surface area contributed by atoms with E-state index in [0.717, 1.165) is 41.4 Å². The van der Waals surface area contributed by atoms with Crippen molar-refractivity contribution in [3.8, 4) is 5.75 Å². The SMILES string of the molecule is CCCCOc1c(C(=O)NCCCN(C)C)sc2c1c(=O)n(C)c1ccccc21.O=C(O)C(F)(F)F. The number of carboxylic acids is 1. The van der Waals surface area contributed by atoms with Crippen molar-refractivity contribution in [1.29, 1.82) is 0 Å². The van der Waals surface area contributed by atoms with E-state index in [1.807, 2.05) is 38.4 Å². The summed E-state index contributed by atoms with van der Waals surface area (Å²) in [5.41, 5.74) is 0.720. The number of aromatic nitrogens is 1. The molecule has 0 aliphatic rings. The molecule has 0 atom stereocenters. The maximum Gasteiger partial charge on any atom is 0.490 e. The van der Waals surface area contributed by atoms with Gasteiger partial charge in [-0.1, -0.05) is 31.5 Å². The van der Waals surface area contributed by atoms with Crippen LogP contribution < -0.4 is 15.6 Å². The first-order chi connectivity index (χ1) is 16.9. The topological polar surface area (TPSA) is 101 Å². The molecule has 12 heteroatoms. The first kappa shape index (κ1) is 29.1. The Morgan fingerprint density at radius 2 is 1.83 bits per heavy atom. The van der Waals surface area contributed by atoms with Crippen LogP contribution in [0, 0.1) is 0 Å². The first-order valence-corrected chi connectivity index (χ1v) is 12.1. The van der Waals surface area contributed by atoms with Gasteiger partial charge in [-0.25, -0.2) is 4.79 Å². The zero-order chi connectivity index (χ0) is 27.0. The van der Waals surface area contributed by atoms with E-state index < -0.39 is 12.1 Å². The summed E-state index contributed by atoms with van der Waals surface area (Å²) in [6.45, 7) is 4.05. The molecule has 0 saturated heterocycles. The quantitative estimate of drug-likeness (QED) is 0.402. The molecule has 0 aliphatic carbocycles. The number of pyridine rings is 1. The fraction of sp³-hybridized carbons (Fsp3) is 0.458. The normalized spacial score (nSPS) is 11.4. The predicted molar refractivity (Wildman–Crippen MR) is 134 cm³/mol. The van der Waals surface area contributed by atoms with Crippen molar-refractivity contribution in [2.75, 3.05) is 33.8 Å². The van der Waals surface area contributed by atoms with Gasteiger partial charge in [-0.15, -0.1) is 11.3 Å². The minimum atomic E-state index is -5.08. The number of amides is 1. The molecule has 8 nitrogen and oxygen atoms in total. The highest BCUT2D eigenvalue weighted by atomic mass is 32.1. The summed E-state index contributed by atoms with van der Waals surface area (Å²) in [5.74, 6) is -2.51. The average molecular weight is 530 g/mol. The number of fused-ring (bicyclic) bond motifs is 3. The van der Waals surface area contributed by atoms with Crippen molar-refractivity contribution in [2.45, 2.75) is 32.4 Å². The number of nitrogens with zero attached hydrogens (tertiary/aromatic N) is 2. The van der Waals surface area contributed by atoms with Gasteiger partial charge in [0.05, 0.1) is 16.8 Å². The van der Waals surface area contributed by atoms with Crippen LogP contribution in [0.25, 0.3) is 21.0 Å². The molecule has 0 radical (unpaired) electrons. The molecule has 0 aliphatic heterocycles. The minimum Gasteiger partial charge on any atom is -0.491 e. The number of hydrogen-bond acceptors (Lipinski definition) is 6. The summed E-state index contributed by atoms with van der Waals surface area (Å²) in [4.78, 5) is 37.5. The Morgan fingerprint density at radius 1 is 1.19 bits per heavy atom. The van der Waals surface area contributed by atoms with Crippen LogP contribution in [-0.4, -0.2) is 66.4 Å². The average Bonchev–Trinajstić information content (AvgIpc) is 3.20. The van der Waals surface area contributed by atoms with Crippen LogP contribution in [0.5, 0.6) is 5.75 Å². The van der Waals surface area contributed by atoms with Crippen molar-refractivity contribution in [3.05, 3.63) is 39.5 Å². The number of halogens is 3. The fourth-order valence-electron chi connectivity index (χ4n) is 3.32. The Balaban J connectivity index is 0.000000572. The third-order valence-corrected chi connectivity index (χ3v) is 6.36. The molecule has 0 saturated carbocycles. The molecular weight excluding hydrogens is 499 g/mol. The lowest BCUT2D eigenvalue weighted by Crippen LogP contribution is -2.27. The zero-order valence-electron chi connectivity index (χ0n) is 20.6.